The first-order valence-corrected chi connectivity index (χ1v) is 12.1. The maximum absolute atomic E-state index is 12.7. The van der Waals surface area contributed by atoms with E-state index in [1.54, 1.807) is 12.3 Å². The van der Waals surface area contributed by atoms with Gasteiger partial charge in [-0.2, -0.15) is 0 Å². The summed E-state index contributed by atoms with van der Waals surface area (Å²) >= 11 is 0. The number of carbonyl (C=O) groups is 2. The molecule has 3 saturated carbocycles. The smallest absolute Gasteiger partial charge is 0.328 e. The van der Waals surface area contributed by atoms with Gasteiger partial charge in [-0.05, 0) is 55.9 Å². The van der Waals surface area contributed by atoms with Crippen molar-refractivity contribution in [2.75, 3.05) is 19.4 Å². The molecule has 0 saturated heterocycles. The van der Waals surface area contributed by atoms with E-state index in [-0.39, 0.29) is 43.0 Å². The van der Waals surface area contributed by atoms with Gasteiger partial charge in [-0.1, -0.05) is 11.8 Å². The average Bonchev–Trinajstić information content (AvgIpc) is 3.20. The molecule has 1 aromatic heterocycles. The van der Waals surface area contributed by atoms with Crippen LogP contribution >= 0.6 is 0 Å². The lowest BCUT2D eigenvalue weighted by molar-refractivity contribution is -0.185. The van der Waals surface area contributed by atoms with Crippen molar-refractivity contribution in [3.8, 4) is 23.7 Å². The van der Waals surface area contributed by atoms with Crippen LogP contribution in [0.25, 0.3) is 0 Å². The molecule has 9 nitrogen and oxygen atoms in total. The van der Waals surface area contributed by atoms with Crippen molar-refractivity contribution in [2.45, 2.75) is 43.9 Å². The van der Waals surface area contributed by atoms with E-state index in [9.17, 15) is 23.1 Å². The Balaban J connectivity index is 1.37. The number of carbonyl (C=O) groups excluding carboxylic acids is 2. The first-order valence-electron chi connectivity index (χ1n) is 10.3. The lowest BCUT2D eigenvalue weighted by Gasteiger charge is -2.67. The molecule has 0 aromatic carbocycles. The Morgan fingerprint density at radius 1 is 1.31 bits per heavy atom. The maximum atomic E-state index is 12.7. The minimum Gasteiger partial charge on any atom is -0.396 e. The van der Waals surface area contributed by atoms with Gasteiger partial charge in [0.1, 0.15) is 0 Å². The number of hydrogen-bond donors (Lipinski definition) is 3. The lowest BCUT2D eigenvalue weighted by atomic mass is 9.36. The van der Waals surface area contributed by atoms with E-state index >= 15 is 0 Å². The molecule has 170 valence electrons. The van der Waals surface area contributed by atoms with E-state index in [0.29, 0.717) is 11.3 Å². The highest BCUT2D eigenvalue weighted by Gasteiger charge is 2.66. The number of aliphatic hydroxyl groups excluding tert-OH is 1. The molecule has 4 aliphatic rings. The van der Waals surface area contributed by atoms with Gasteiger partial charge in [-0.15, -0.1) is 0 Å². The first-order chi connectivity index (χ1) is 15.0. The molecule has 3 N–H and O–H groups in total. The van der Waals surface area contributed by atoms with Gasteiger partial charge in [0.25, 0.3) is 5.91 Å². The highest BCUT2D eigenvalue weighted by Crippen LogP contribution is 2.72. The Bertz CT molecular complexity index is 1210. The summed E-state index contributed by atoms with van der Waals surface area (Å²) in [6.07, 6.45) is 5.20. The zero-order valence-corrected chi connectivity index (χ0v) is 18.8. The van der Waals surface area contributed by atoms with Crippen molar-refractivity contribution in [2.24, 2.45) is 10.8 Å². The molecule has 2 amide bonds. The predicted octanol–water partition coefficient (Wildman–Crippen LogP) is 0.488. The van der Waals surface area contributed by atoms with E-state index in [1.807, 2.05) is 0 Å². The second-order valence-electron chi connectivity index (χ2n) is 9.46. The van der Waals surface area contributed by atoms with Gasteiger partial charge >= 0.3 is 6.03 Å². The topological polar surface area (TPSA) is 129 Å². The summed E-state index contributed by atoms with van der Waals surface area (Å²) in [4.78, 5) is 26.1. The Labute approximate surface area is 186 Å². The molecule has 3 aliphatic carbocycles. The van der Waals surface area contributed by atoms with Crippen LogP contribution in [-0.2, 0) is 21.2 Å². The highest BCUT2D eigenvalue weighted by atomic mass is 32.2. The van der Waals surface area contributed by atoms with Crippen molar-refractivity contribution in [3.05, 3.63) is 23.5 Å². The molecule has 1 atom stereocenters. The molecule has 32 heavy (non-hydrogen) atoms. The summed E-state index contributed by atoms with van der Waals surface area (Å²) in [5.74, 6) is 10.8. The van der Waals surface area contributed by atoms with E-state index in [2.05, 4.69) is 23.7 Å². The predicted molar refractivity (Wildman–Crippen MR) is 114 cm³/mol. The van der Waals surface area contributed by atoms with Crippen molar-refractivity contribution in [1.29, 1.82) is 0 Å². The van der Waals surface area contributed by atoms with E-state index in [4.69, 9.17) is 5.21 Å². The summed E-state index contributed by atoms with van der Waals surface area (Å²) in [6, 6.07) is 1.45. The van der Waals surface area contributed by atoms with Crippen LogP contribution in [0.5, 0.6) is 0 Å². The molecular weight excluding hydrogens is 434 g/mol. The normalized spacial score (nSPS) is 27.0. The summed E-state index contributed by atoms with van der Waals surface area (Å²) in [5.41, 5.74) is 2.92. The van der Waals surface area contributed by atoms with E-state index in [0.717, 1.165) is 25.5 Å². The Morgan fingerprint density at radius 2 is 2.00 bits per heavy atom. The van der Waals surface area contributed by atoms with Gasteiger partial charge in [-0.25, -0.2) is 18.7 Å². The van der Waals surface area contributed by atoms with Crippen LogP contribution in [-0.4, -0.2) is 64.3 Å². The number of hydroxylamine groups is 1. The number of nitrogens with one attached hydrogen (secondary N) is 1. The molecule has 5 rings (SSSR count). The van der Waals surface area contributed by atoms with Crippen LogP contribution in [0.15, 0.2) is 12.3 Å². The monoisotopic (exact) mass is 459 g/mol. The Hall–Kier alpha value is -2.79. The maximum Gasteiger partial charge on any atom is 0.328 e. The van der Waals surface area contributed by atoms with Crippen molar-refractivity contribution in [1.82, 2.24) is 14.9 Å². The van der Waals surface area contributed by atoms with Gasteiger partial charge in [0, 0.05) is 42.3 Å². The fourth-order valence-corrected chi connectivity index (χ4v) is 5.81. The summed E-state index contributed by atoms with van der Waals surface area (Å²) in [6.45, 7) is 1.74. The minimum absolute atomic E-state index is 0.0292. The number of sulfone groups is 1. The molecule has 10 heteroatoms. The van der Waals surface area contributed by atoms with Gasteiger partial charge in [0.05, 0.1) is 6.54 Å². The fourth-order valence-electron chi connectivity index (χ4n) is 4.97. The Morgan fingerprint density at radius 3 is 2.56 bits per heavy atom. The number of rotatable bonds is 6. The number of amides is 2. The zero-order valence-electron chi connectivity index (χ0n) is 17.9. The lowest BCUT2D eigenvalue weighted by Crippen LogP contribution is -2.62. The zero-order chi connectivity index (χ0) is 23.4. The summed E-state index contributed by atoms with van der Waals surface area (Å²) in [5, 5.41) is 18.2. The third-order valence-corrected chi connectivity index (χ3v) is 9.09. The first kappa shape index (κ1) is 22.4. The van der Waals surface area contributed by atoms with Crippen molar-refractivity contribution < 1.29 is 28.3 Å². The van der Waals surface area contributed by atoms with Gasteiger partial charge in [-0.3, -0.25) is 14.6 Å². The van der Waals surface area contributed by atoms with Crippen molar-refractivity contribution >= 4 is 21.8 Å². The van der Waals surface area contributed by atoms with Crippen LogP contribution in [0.4, 0.5) is 4.79 Å². The van der Waals surface area contributed by atoms with Crippen LogP contribution in [0, 0.1) is 34.5 Å². The molecule has 0 spiro atoms. The van der Waals surface area contributed by atoms with E-state index < -0.39 is 20.5 Å². The molecule has 3 fully saturated rings. The largest absolute Gasteiger partial charge is 0.396 e. The van der Waals surface area contributed by atoms with Gasteiger partial charge in [0.2, 0.25) is 0 Å². The second-order valence-corrected chi connectivity index (χ2v) is 11.9. The fraction of sp³-hybridized carbons (Fsp3) is 0.545. The highest BCUT2D eigenvalue weighted by molar-refractivity contribution is 7.92. The number of nitrogens with zero attached hydrogens (tertiary/aromatic N) is 2. The number of aliphatic hydroxyl groups is 1. The molecule has 0 radical (unpaired) electrons. The minimum atomic E-state index is -3.83. The third-order valence-electron chi connectivity index (χ3n) is 7.06. The second kappa shape index (κ2) is 7.38. The molecule has 2 heterocycles. The summed E-state index contributed by atoms with van der Waals surface area (Å²) in [7, 11) is -3.83. The third kappa shape index (κ3) is 3.49. The number of fused-ring (bicyclic) bond motifs is 1. The van der Waals surface area contributed by atoms with Crippen LogP contribution in [0.2, 0.25) is 0 Å². The average molecular weight is 460 g/mol. The number of aromatic nitrogens is 1. The molecule has 2 bridgehead atoms. The van der Waals surface area contributed by atoms with Gasteiger partial charge in [0.15, 0.2) is 14.6 Å². The number of hydrogen-bond acceptors (Lipinski definition) is 6. The van der Waals surface area contributed by atoms with Crippen LogP contribution < -0.4 is 5.48 Å². The Kier molecular flexibility index (Phi) is 5.17. The standard InChI is InChI=1S/C22H25N3O6S/c1-20(18(27)23-29,32(2,30)31)7-8-24-11-17-9-16(10-25(17)19(24)28)5-3-4-6-21-12-22(13-21,14-21)15-26/h9-10,26,29H,7-8,11-15H2,1-2H3,(H,23,27). The van der Waals surface area contributed by atoms with Gasteiger partial charge < -0.3 is 10.0 Å². The van der Waals surface area contributed by atoms with Crippen LogP contribution in [0.1, 0.15) is 43.9 Å². The SMILES string of the molecule is CC(CCN1Cc2cc(C#CC#CC34CC(CO)(C3)C4)cn2C1=O)(C(=O)NO)S(C)(=O)=O. The van der Waals surface area contributed by atoms with Crippen LogP contribution in [0.3, 0.4) is 0 Å². The quantitative estimate of drug-likeness (QED) is 0.323. The molecule has 1 unspecified atom stereocenters. The van der Waals surface area contributed by atoms with Crippen molar-refractivity contribution in [3.63, 3.8) is 0 Å². The molecule has 1 aromatic rings. The van der Waals surface area contributed by atoms with E-state index in [1.165, 1.54) is 21.9 Å². The summed E-state index contributed by atoms with van der Waals surface area (Å²) < 4.78 is 23.8. The molecule has 1 aliphatic heterocycles. The molecular formula is C22H25N3O6S.